The maximum absolute atomic E-state index is 11.2. The van der Waals surface area contributed by atoms with E-state index in [1.165, 1.54) is 6.08 Å². The molecular weight excluding hydrogens is 244 g/mol. The molecule has 1 aromatic rings. The zero-order chi connectivity index (χ0) is 12.4. The standard InChI is InChI=1S/C11H7ClN2O3/c12-7-3-1-2-6(4-7)5-8-10(15)9(14-17)11(16)13-8/h1-5,15H,(H,13,16)/b8-5-. The molecule has 0 saturated heterocycles. The zero-order valence-corrected chi connectivity index (χ0v) is 9.23. The van der Waals surface area contributed by atoms with Crippen molar-refractivity contribution >= 4 is 23.6 Å². The molecule has 1 aliphatic rings. The van der Waals surface area contributed by atoms with E-state index in [0.717, 1.165) is 0 Å². The fourth-order valence-corrected chi connectivity index (χ4v) is 1.63. The predicted molar refractivity (Wildman–Crippen MR) is 63.0 cm³/mol. The third kappa shape index (κ3) is 2.19. The van der Waals surface area contributed by atoms with Gasteiger partial charge in [-0.1, -0.05) is 23.7 Å². The minimum Gasteiger partial charge on any atom is -0.504 e. The van der Waals surface area contributed by atoms with E-state index in [1.54, 1.807) is 24.3 Å². The smallest absolute Gasteiger partial charge is 0.281 e. The number of hydrogen-bond acceptors (Lipinski definition) is 4. The van der Waals surface area contributed by atoms with Gasteiger partial charge in [0, 0.05) is 5.02 Å². The third-order valence-electron chi connectivity index (χ3n) is 2.19. The number of halogens is 1. The van der Waals surface area contributed by atoms with Crippen molar-refractivity contribution < 1.29 is 9.90 Å². The minimum atomic E-state index is -0.717. The number of aliphatic hydroxyl groups is 1. The number of nitroso groups, excluding NO2 is 1. The van der Waals surface area contributed by atoms with Crippen molar-refractivity contribution in [3.8, 4) is 0 Å². The highest BCUT2D eigenvalue weighted by Gasteiger charge is 2.28. The number of nitrogens with one attached hydrogen (secondary N) is 1. The summed E-state index contributed by atoms with van der Waals surface area (Å²) in [7, 11) is 0. The topological polar surface area (TPSA) is 78.8 Å². The number of carbonyl (C=O) groups is 1. The number of rotatable bonds is 2. The van der Waals surface area contributed by atoms with E-state index in [4.69, 9.17) is 11.6 Å². The van der Waals surface area contributed by atoms with Crippen LogP contribution >= 0.6 is 11.6 Å². The minimum absolute atomic E-state index is 0.131. The van der Waals surface area contributed by atoms with Crippen LogP contribution in [0.3, 0.4) is 0 Å². The Balaban J connectivity index is 2.40. The summed E-state index contributed by atoms with van der Waals surface area (Å²) in [6.45, 7) is 0. The van der Waals surface area contributed by atoms with Gasteiger partial charge in [-0.2, -0.15) is 0 Å². The van der Waals surface area contributed by atoms with Crippen LogP contribution < -0.4 is 5.32 Å². The zero-order valence-electron chi connectivity index (χ0n) is 8.48. The summed E-state index contributed by atoms with van der Waals surface area (Å²) in [5, 5.41) is 14.9. The van der Waals surface area contributed by atoms with Gasteiger partial charge >= 0.3 is 0 Å². The maximum Gasteiger partial charge on any atom is 0.281 e. The van der Waals surface area contributed by atoms with Crippen molar-refractivity contribution in [1.82, 2.24) is 5.32 Å². The molecule has 0 atom stereocenters. The first-order valence-corrected chi connectivity index (χ1v) is 5.05. The molecule has 0 radical (unpaired) electrons. The van der Waals surface area contributed by atoms with Gasteiger partial charge in [0.05, 0.1) is 5.70 Å². The largest absolute Gasteiger partial charge is 0.504 e. The molecule has 0 spiro atoms. The third-order valence-corrected chi connectivity index (χ3v) is 2.43. The van der Waals surface area contributed by atoms with E-state index < -0.39 is 17.4 Å². The van der Waals surface area contributed by atoms with E-state index in [9.17, 15) is 14.8 Å². The lowest BCUT2D eigenvalue weighted by Gasteiger charge is -1.99. The first-order valence-electron chi connectivity index (χ1n) is 4.67. The van der Waals surface area contributed by atoms with Crippen LogP contribution in [0.1, 0.15) is 5.56 Å². The SMILES string of the molecule is O=NC1=C(O)/C(=C/c2cccc(Cl)c2)NC1=O. The number of aliphatic hydroxyl groups excluding tert-OH is 1. The molecular formula is C11H7ClN2O3. The Bertz CT molecular complexity index is 564. The van der Waals surface area contributed by atoms with Gasteiger partial charge in [0.1, 0.15) is 0 Å². The quantitative estimate of drug-likeness (QED) is 0.791. The second-order valence-corrected chi connectivity index (χ2v) is 3.79. The van der Waals surface area contributed by atoms with Gasteiger partial charge in [0.15, 0.2) is 5.76 Å². The number of hydrogen-bond donors (Lipinski definition) is 2. The van der Waals surface area contributed by atoms with E-state index in [1.807, 2.05) is 0 Å². The highest BCUT2D eigenvalue weighted by molar-refractivity contribution is 6.30. The van der Waals surface area contributed by atoms with Crippen LogP contribution in [0.4, 0.5) is 0 Å². The molecule has 0 bridgehead atoms. The Morgan fingerprint density at radius 2 is 2.18 bits per heavy atom. The van der Waals surface area contributed by atoms with Crippen LogP contribution in [0.2, 0.25) is 5.02 Å². The van der Waals surface area contributed by atoms with Crippen LogP contribution in [0.5, 0.6) is 0 Å². The van der Waals surface area contributed by atoms with Gasteiger partial charge in [-0.15, -0.1) is 4.91 Å². The summed E-state index contributed by atoms with van der Waals surface area (Å²) < 4.78 is 0. The maximum atomic E-state index is 11.2. The average molecular weight is 251 g/mol. The lowest BCUT2D eigenvalue weighted by Crippen LogP contribution is -2.15. The van der Waals surface area contributed by atoms with Crippen molar-refractivity contribution in [2.45, 2.75) is 0 Å². The molecule has 0 saturated carbocycles. The Labute approximate surface area is 101 Å². The van der Waals surface area contributed by atoms with Gasteiger partial charge < -0.3 is 10.4 Å². The summed E-state index contributed by atoms with van der Waals surface area (Å²) in [4.78, 5) is 21.5. The lowest BCUT2D eigenvalue weighted by molar-refractivity contribution is -0.116. The van der Waals surface area contributed by atoms with Crippen LogP contribution in [0.15, 0.2) is 46.6 Å². The summed E-state index contributed by atoms with van der Waals surface area (Å²) in [5.74, 6) is -1.17. The van der Waals surface area contributed by atoms with Gasteiger partial charge in [0.25, 0.3) is 5.91 Å². The molecule has 0 fully saturated rings. The van der Waals surface area contributed by atoms with E-state index in [2.05, 4.69) is 10.5 Å². The first kappa shape index (κ1) is 11.3. The molecule has 1 amide bonds. The second-order valence-electron chi connectivity index (χ2n) is 3.36. The highest BCUT2D eigenvalue weighted by atomic mass is 35.5. The first-order chi connectivity index (χ1) is 8.11. The van der Waals surface area contributed by atoms with Gasteiger partial charge in [0.2, 0.25) is 5.70 Å². The van der Waals surface area contributed by atoms with Gasteiger partial charge in [-0.05, 0) is 28.9 Å². The number of amides is 1. The molecule has 0 aromatic heterocycles. The monoisotopic (exact) mass is 250 g/mol. The Morgan fingerprint density at radius 3 is 2.76 bits per heavy atom. The predicted octanol–water partition coefficient (Wildman–Crippen LogP) is 2.35. The van der Waals surface area contributed by atoms with Crippen LogP contribution in [-0.2, 0) is 4.79 Å². The average Bonchev–Trinajstić information content (AvgIpc) is 2.54. The van der Waals surface area contributed by atoms with E-state index in [-0.39, 0.29) is 5.70 Å². The molecule has 86 valence electrons. The molecule has 0 aliphatic carbocycles. The van der Waals surface area contributed by atoms with Crippen molar-refractivity contribution in [1.29, 1.82) is 0 Å². The number of carbonyl (C=O) groups excluding carboxylic acids is 1. The van der Waals surface area contributed by atoms with E-state index >= 15 is 0 Å². The molecule has 1 heterocycles. The summed E-state index contributed by atoms with van der Waals surface area (Å²) in [6.07, 6.45) is 1.50. The molecule has 1 aromatic carbocycles. The number of nitrogens with zero attached hydrogens (tertiary/aromatic N) is 1. The fraction of sp³-hybridized carbons (Fsp3) is 0. The van der Waals surface area contributed by atoms with Crippen molar-refractivity contribution in [2.24, 2.45) is 5.18 Å². The molecule has 17 heavy (non-hydrogen) atoms. The number of benzene rings is 1. The summed E-state index contributed by atoms with van der Waals surface area (Å²) in [5.41, 5.74) is 0.302. The Morgan fingerprint density at radius 1 is 1.41 bits per heavy atom. The summed E-state index contributed by atoms with van der Waals surface area (Å²) >= 11 is 5.79. The second kappa shape index (κ2) is 4.39. The fourth-order valence-electron chi connectivity index (χ4n) is 1.43. The molecule has 6 heteroatoms. The molecule has 2 rings (SSSR count). The molecule has 2 N–H and O–H groups in total. The van der Waals surface area contributed by atoms with E-state index in [0.29, 0.717) is 10.6 Å². The molecule has 5 nitrogen and oxygen atoms in total. The Kier molecular flexibility index (Phi) is 2.93. The van der Waals surface area contributed by atoms with Gasteiger partial charge in [-0.25, -0.2) is 0 Å². The Hall–Kier alpha value is -2.14. The lowest BCUT2D eigenvalue weighted by atomic mass is 10.2. The van der Waals surface area contributed by atoms with Crippen molar-refractivity contribution in [3.63, 3.8) is 0 Å². The summed E-state index contributed by atoms with van der Waals surface area (Å²) in [6, 6.07) is 6.82. The van der Waals surface area contributed by atoms with Crippen LogP contribution in [0.25, 0.3) is 6.08 Å². The van der Waals surface area contributed by atoms with Gasteiger partial charge in [-0.3, -0.25) is 4.79 Å². The molecule has 0 unspecified atom stereocenters. The highest BCUT2D eigenvalue weighted by Crippen LogP contribution is 2.22. The van der Waals surface area contributed by atoms with Crippen molar-refractivity contribution in [2.75, 3.05) is 0 Å². The van der Waals surface area contributed by atoms with Crippen molar-refractivity contribution in [3.05, 3.63) is 56.9 Å². The molecule has 1 aliphatic heterocycles. The van der Waals surface area contributed by atoms with Crippen LogP contribution in [0, 0.1) is 4.91 Å². The van der Waals surface area contributed by atoms with Crippen LogP contribution in [-0.4, -0.2) is 11.0 Å². The normalized spacial score (nSPS) is 17.5.